The molecule has 72 heavy (non-hydrogen) atoms. The maximum absolute atomic E-state index is 2.46. The van der Waals surface area contributed by atoms with E-state index in [9.17, 15) is 0 Å². The second kappa shape index (κ2) is 17.3. The van der Waals surface area contributed by atoms with E-state index in [-0.39, 0.29) is 0 Å². The van der Waals surface area contributed by atoms with Crippen LogP contribution in [-0.4, -0.2) is 4.57 Å². The van der Waals surface area contributed by atoms with Crippen LogP contribution in [0.2, 0.25) is 0 Å². The third kappa shape index (κ3) is 7.19. The van der Waals surface area contributed by atoms with Gasteiger partial charge in [0.05, 0.1) is 22.4 Å². The predicted molar refractivity (Wildman–Crippen MR) is 309 cm³/mol. The van der Waals surface area contributed by atoms with Crippen LogP contribution >= 0.6 is 11.3 Å². The molecule has 12 aromatic carbocycles. The first-order chi connectivity index (χ1) is 35.7. The lowest BCUT2D eigenvalue weighted by Gasteiger charge is -2.34. The molecule has 0 saturated heterocycles. The summed E-state index contributed by atoms with van der Waals surface area (Å²) in [5.41, 5.74) is 14.6. The number of nitrogens with zero attached hydrogens (tertiary/aromatic N) is 3. The molecule has 0 aliphatic carbocycles. The van der Waals surface area contributed by atoms with Crippen molar-refractivity contribution in [1.29, 1.82) is 0 Å². The maximum Gasteiger partial charge on any atom is 0.0708 e. The fourth-order valence-electron chi connectivity index (χ4n) is 10.9. The van der Waals surface area contributed by atoms with Gasteiger partial charge < -0.3 is 14.4 Å². The quantitative estimate of drug-likeness (QED) is 0.143. The standard InChI is InChI=1S/C68H45N3S/c1-3-21-54(22-4-1)69(58-37-39-62-61-27-12-14-29-67(61)72-68(62)45-58)65-43-50-18-9-10-19-51(50)44-66(65)70(56-35-32-47(33-36-56)52-31-30-46-16-7-8-17-48(46)40-52)57-25-15-20-49(41-57)53-34-38-60-59-26-11-13-28-63(59)71(64(60)42-53)55-23-5-2-6-24-55/h1-45H. The molecule has 2 aromatic heterocycles. The summed E-state index contributed by atoms with van der Waals surface area (Å²) in [4.78, 5) is 4.91. The Morgan fingerprint density at radius 2 is 0.764 bits per heavy atom. The Bertz CT molecular complexity index is 4340. The minimum Gasteiger partial charge on any atom is -0.309 e. The van der Waals surface area contributed by atoms with Crippen LogP contribution in [0.25, 0.3) is 91.5 Å². The molecular formula is C68H45N3S. The van der Waals surface area contributed by atoms with E-state index in [1.165, 1.54) is 69.3 Å². The molecule has 0 amide bonds. The molecule has 0 radical (unpaired) electrons. The lowest BCUT2D eigenvalue weighted by molar-refractivity contribution is 1.18. The van der Waals surface area contributed by atoms with Crippen LogP contribution < -0.4 is 9.80 Å². The zero-order valence-corrected chi connectivity index (χ0v) is 40.0. The topological polar surface area (TPSA) is 11.4 Å². The first-order valence-electron chi connectivity index (χ1n) is 24.6. The van der Waals surface area contributed by atoms with Gasteiger partial charge in [-0.1, -0.05) is 176 Å². The lowest BCUT2D eigenvalue weighted by Crippen LogP contribution is -2.17. The van der Waals surface area contributed by atoms with E-state index in [4.69, 9.17) is 0 Å². The van der Waals surface area contributed by atoms with Gasteiger partial charge in [-0.3, -0.25) is 0 Å². The number of benzene rings is 12. The van der Waals surface area contributed by atoms with Gasteiger partial charge >= 0.3 is 0 Å². The van der Waals surface area contributed by atoms with Gasteiger partial charge in [0, 0.05) is 59.4 Å². The number of para-hydroxylation sites is 3. The normalized spacial score (nSPS) is 11.6. The van der Waals surface area contributed by atoms with Crippen molar-refractivity contribution in [3.8, 4) is 27.9 Å². The van der Waals surface area contributed by atoms with E-state index in [2.05, 4.69) is 287 Å². The van der Waals surface area contributed by atoms with Gasteiger partial charge in [0.2, 0.25) is 0 Å². The van der Waals surface area contributed by atoms with Crippen LogP contribution in [0.15, 0.2) is 273 Å². The number of hydrogen-bond acceptors (Lipinski definition) is 3. The van der Waals surface area contributed by atoms with Crippen LogP contribution in [0.4, 0.5) is 34.1 Å². The summed E-state index contributed by atoms with van der Waals surface area (Å²) in [6.45, 7) is 0. The predicted octanol–water partition coefficient (Wildman–Crippen LogP) is 19.7. The van der Waals surface area contributed by atoms with Crippen molar-refractivity contribution in [2.75, 3.05) is 9.80 Å². The summed E-state index contributed by atoms with van der Waals surface area (Å²) in [7, 11) is 0. The molecule has 3 nitrogen and oxygen atoms in total. The Hall–Kier alpha value is -9.22. The highest BCUT2D eigenvalue weighted by Crippen LogP contribution is 2.49. The third-order valence-electron chi connectivity index (χ3n) is 14.3. The van der Waals surface area contributed by atoms with Crippen LogP contribution in [0.5, 0.6) is 0 Å². The lowest BCUT2D eigenvalue weighted by atomic mass is 9.99. The van der Waals surface area contributed by atoms with Crippen LogP contribution in [0.1, 0.15) is 0 Å². The van der Waals surface area contributed by atoms with Crippen LogP contribution in [0, 0.1) is 0 Å². The molecule has 0 atom stereocenters. The molecule has 14 aromatic rings. The monoisotopic (exact) mass is 935 g/mol. The third-order valence-corrected chi connectivity index (χ3v) is 15.4. The number of hydrogen-bond donors (Lipinski definition) is 0. The number of anilines is 6. The highest BCUT2D eigenvalue weighted by atomic mass is 32.1. The van der Waals surface area contributed by atoms with E-state index < -0.39 is 0 Å². The van der Waals surface area contributed by atoms with E-state index in [1.54, 1.807) is 0 Å². The highest BCUT2D eigenvalue weighted by molar-refractivity contribution is 7.25. The van der Waals surface area contributed by atoms with Crippen molar-refractivity contribution in [2.24, 2.45) is 0 Å². The van der Waals surface area contributed by atoms with Gasteiger partial charge in [0.1, 0.15) is 0 Å². The molecule has 0 aliphatic rings. The average molecular weight is 936 g/mol. The van der Waals surface area contributed by atoms with Crippen molar-refractivity contribution >= 4 is 109 Å². The highest BCUT2D eigenvalue weighted by Gasteiger charge is 2.25. The van der Waals surface area contributed by atoms with Crippen molar-refractivity contribution in [2.45, 2.75) is 0 Å². The summed E-state index contributed by atoms with van der Waals surface area (Å²) in [5, 5.41) is 9.85. The van der Waals surface area contributed by atoms with E-state index in [0.29, 0.717) is 0 Å². The molecule has 0 saturated carbocycles. The number of thiophene rings is 1. The molecule has 0 N–H and O–H groups in total. The minimum absolute atomic E-state index is 1.05. The van der Waals surface area contributed by atoms with Gasteiger partial charge in [-0.25, -0.2) is 0 Å². The second-order valence-electron chi connectivity index (χ2n) is 18.6. The van der Waals surface area contributed by atoms with Gasteiger partial charge in [-0.2, -0.15) is 0 Å². The molecule has 0 fully saturated rings. The summed E-state index contributed by atoms with van der Waals surface area (Å²) in [6.07, 6.45) is 0. The molecule has 338 valence electrons. The second-order valence-corrected chi connectivity index (χ2v) is 19.6. The van der Waals surface area contributed by atoms with Gasteiger partial charge in [0.25, 0.3) is 0 Å². The van der Waals surface area contributed by atoms with Gasteiger partial charge in [-0.15, -0.1) is 11.3 Å². The van der Waals surface area contributed by atoms with E-state index in [1.807, 2.05) is 11.3 Å². The summed E-state index contributed by atoms with van der Waals surface area (Å²) in [6, 6.07) is 100. The Kier molecular flexibility index (Phi) is 10.0. The molecule has 4 heteroatoms. The maximum atomic E-state index is 2.46. The molecular weight excluding hydrogens is 891 g/mol. The fourth-order valence-corrected chi connectivity index (χ4v) is 12.0. The van der Waals surface area contributed by atoms with Crippen molar-refractivity contribution in [1.82, 2.24) is 4.57 Å². The van der Waals surface area contributed by atoms with Crippen molar-refractivity contribution in [3.05, 3.63) is 273 Å². The first-order valence-corrected chi connectivity index (χ1v) is 25.4. The minimum atomic E-state index is 1.05. The Labute approximate surface area is 422 Å². The van der Waals surface area contributed by atoms with E-state index in [0.717, 1.165) is 56.3 Å². The van der Waals surface area contributed by atoms with Crippen molar-refractivity contribution < 1.29 is 0 Å². The van der Waals surface area contributed by atoms with Crippen LogP contribution in [0.3, 0.4) is 0 Å². The van der Waals surface area contributed by atoms with Gasteiger partial charge in [0.15, 0.2) is 0 Å². The van der Waals surface area contributed by atoms with Crippen molar-refractivity contribution in [3.63, 3.8) is 0 Å². The zero-order chi connectivity index (χ0) is 47.5. The smallest absolute Gasteiger partial charge is 0.0708 e. The first kappa shape index (κ1) is 41.7. The largest absolute Gasteiger partial charge is 0.309 e. The molecule has 0 unspecified atom stereocenters. The molecule has 0 bridgehead atoms. The number of rotatable bonds is 9. The number of fused-ring (bicyclic) bond motifs is 8. The molecule has 0 aliphatic heterocycles. The Balaban J connectivity index is 0.988. The SMILES string of the molecule is c1ccc(N(c2ccc3c(c2)sc2ccccc23)c2cc3ccccc3cc2N(c2ccc(-c3ccc4ccccc4c3)cc2)c2cccc(-c3ccc4c5ccccc5n(-c5ccccc5)c4c3)c2)cc1. The molecule has 0 spiro atoms. The summed E-state index contributed by atoms with van der Waals surface area (Å²) >= 11 is 1.85. The Morgan fingerprint density at radius 3 is 1.53 bits per heavy atom. The fraction of sp³-hybridized carbons (Fsp3) is 0. The summed E-state index contributed by atoms with van der Waals surface area (Å²) < 4.78 is 4.95. The van der Waals surface area contributed by atoms with E-state index >= 15 is 0 Å². The molecule has 2 heterocycles. The molecule has 14 rings (SSSR count). The number of aromatic nitrogens is 1. The zero-order valence-electron chi connectivity index (χ0n) is 39.2. The Morgan fingerprint density at radius 1 is 0.264 bits per heavy atom. The summed E-state index contributed by atoms with van der Waals surface area (Å²) in [5.74, 6) is 0. The van der Waals surface area contributed by atoms with Crippen LogP contribution in [-0.2, 0) is 0 Å². The average Bonchev–Trinajstić information content (AvgIpc) is 3.99. The van der Waals surface area contributed by atoms with Gasteiger partial charge in [-0.05, 0) is 141 Å².